The number of ether oxygens (including phenoxy) is 1. The van der Waals surface area contributed by atoms with Crippen LogP contribution in [0.5, 0.6) is 0 Å². The first-order valence-electron chi connectivity index (χ1n) is 4.61. The number of hydrogen-bond donors (Lipinski definition) is 0. The summed E-state index contributed by atoms with van der Waals surface area (Å²) < 4.78 is 6.46. The quantitative estimate of drug-likeness (QED) is 0.359. The maximum atomic E-state index is 5.32. The fourth-order valence-corrected chi connectivity index (χ4v) is 1.25. The highest BCUT2D eigenvalue weighted by Gasteiger charge is 1.84. The zero-order valence-corrected chi connectivity index (χ0v) is 10.2. The van der Waals surface area contributed by atoms with Crippen molar-refractivity contribution in [3.05, 3.63) is 35.9 Å². The Morgan fingerprint density at radius 2 is 2.00 bits per heavy atom. The second kappa shape index (κ2) is 7.84. The molecule has 0 heterocycles. The van der Waals surface area contributed by atoms with Crippen molar-refractivity contribution in [3.63, 3.8) is 0 Å². The van der Waals surface area contributed by atoms with Crippen LogP contribution in [-0.4, -0.2) is 17.6 Å². The lowest BCUT2D eigenvalue weighted by Crippen LogP contribution is -1.94. The molecule has 1 rings (SSSR count). The molecule has 1 nitrogen and oxygen atoms in total. The van der Waals surface area contributed by atoms with Gasteiger partial charge in [-0.25, -0.2) is 0 Å². The topological polar surface area (TPSA) is 9.23 Å². The van der Waals surface area contributed by atoms with E-state index in [2.05, 4.69) is 34.4 Å². The zero-order chi connectivity index (χ0) is 10.1. The highest BCUT2D eigenvalue weighted by molar-refractivity contribution is 14.1. The molecule has 0 aromatic heterocycles. The molecule has 0 atom stereocenters. The number of benzene rings is 1. The van der Waals surface area contributed by atoms with Crippen molar-refractivity contribution < 1.29 is 4.74 Å². The van der Waals surface area contributed by atoms with Gasteiger partial charge in [-0.15, -0.1) is 0 Å². The molecular weight excluding hydrogens is 287 g/mol. The number of hydrogen-bond acceptors (Lipinski definition) is 1. The lowest BCUT2D eigenvalue weighted by molar-refractivity contribution is 0.169. The van der Waals surface area contributed by atoms with Crippen LogP contribution in [0.15, 0.2) is 30.3 Å². The molecule has 0 unspecified atom stereocenters. The van der Waals surface area contributed by atoms with Crippen LogP contribution in [-0.2, 0) is 4.74 Å². The van der Waals surface area contributed by atoms with Gasteiger partial charge in [-0.3, -0.25) is 0 Å². The van der Waals surface area contributed by atoms with Crippen LogP contribution in [0.4, 0.5) is 0 Å². The minimum atomic E-state index is 0.533. The summed E-state index contributed by atoms with van der Waals surface area (Å²) in [7, 11) is 0. The Kier molecular flexibility index (Phi) is 6.46. The Morgan fingerprint density at radius 1 is 1.21 bits per heavy atom. The van der Waals surface area contributed by atoms with Gasteiger partial charge < -0.3 is 4.74 Å². The third-order valence-electron chi connectivity index (χ3n) is 1.60. The van der Waals surface area contributed by atoms with Crippen LogP contribution >= 0.6 is 22.6 Å². The van der Waals surface area contributed by atoms with Crippen molar-refractivity contribution in [1.82, 2.24) is 0 Å². The molecule has 14 heavy (non-hydrogen) atoms. The third-order valence-corrected chi connectivity index (χ3v) is 2.37. The summed E-state index contributed by atoms with van der Waals surface area (Å²) in [6.07, 6.45) is 1.10. The summed E-state index contributed by atoms with van der Waals surface area (Å²) in [5, 5.41) is 0. The molecule has 0 spiro atoms. The van der Waals surface area contributed by atoms with Crippen LogP contribution in [0.25, 0.3) is 0 Å². The van der Waals surface area contributed by atoms with E-state index in [4.69, 9.17) is 4.74 Å². The first-order chi connectivity index (χ1) is 6.93. The van der Waals surface area contributed by atoms with Gasteiger partial charge in [0.25, 0.3) is 0 Å². The van der Waals surface area contributed by atoms with Crippen LogP contribution in [0.3, 0.4) is 0 Å². The van der Waals surface area contributed by atoms with Crippen molar-refractivity contribution >= 4 is 22.6 Å². The predicted molar refractivity (Wildman–Crippen MR) is 67.6 cm³/mol. The van der Waals surface area contributed by atoms with Gasteiger partial charge in [0.15, 0.2) is 0 Å². The molecule has 74 valence electrons. The van der Waals surface area contributed by atoms with Crippen LogP contribution < -0.4 is 0 Å². The minimum absolute atomic E-state index is 0.533. The van der Waals surface area contributed by atoms with E-state index < -0.39 is 0 Å². The van der Waals surface area contributed by atoms with Gasteiger partial charge in [-0.2, -0.15) is 0 Å². The Bertz CT molecular complexity index is 297. The number of alkyl halides is 1. The van der Waals surface area contributed by atoms with Crippen molar-refractivity contribution in [1.29, 1.82) is 0 Å². The smallest absolute Gasteiger partial charge is 0.108 e. The largest absolute Gasteiger partial charge is 0.369 e. The Labute approximate surface area is 99.0 Å². The summed E-state index contributed by atoms with van der Waals surface area (Å²) in [6.45, 7) is 1.35. The fraction of sp³-hybridized carbons (Fsp3) is 0.333. The summed E-state index contributed by atoms with van der Waals surface area (Å²) in [6, 6.07) is 9.96. The van der Waals surface area contributed by atoms with Crippen LogP contribution in [0, 0.1) is 11.8 Å². The molecule has 0 radical (unpaired) electrons. The fourth-order valence-electron chi connectivity index (χ4n) is 0.939. The minimum Gasteiger partial charge on any atom is -0.369 e. The molecule has 0 fully saturated rings. The molecule has 1 aromatic carbocycles. The van der Waals surface area contributed by atoms with E-state index in [0.717, 1.165) is 23.0 Å². The average molecular weight is 300 g/mol. The van der Waals surface area contributed by atoms with E-state index in [1.807, 2.05) is 30.3 Å². The van der Waals surface area contributed by atoms with E-state index in [0.29, 0.717) is 6.61 Å². The first-order valence-corrected chi connectivity index (χ1v) is 6.13. The van der Waals surface area contributed by atoms with Gasteiger partial charge >= 0.3 is 0 Å². The number of halogens is 1. The summed E-state index contributed by atoms with van der Waals surface area (Å²) in [4.78, 5) is 0. The van der Waals surface area contributed by atoms with Gasteiger partial charge in [-0.1, -0.05) is 52.6 Å². The van der Waals surface area contributed by atoms with E-state index >= 15 is 0 Å². The third kappa shape index (κ3) is 5.25. The molecule has 0 aliphatic heterocycles. The standard InChI is InChI=1S/C12H13IO/c13-9-5-11-14-10-4-8-12-6-2-1-3-7-12/h1-3,6-7H,5,9-11H2. The van der Waals surface area contributed by atoms with Gasteiger partial charge in [0.2, 0.25) is 0 Å². The van der Waals surface area contributed by atoms with Gasteiger partial charge in [0.1, 0.15) is 6.61 Å². The Morgan fingerprint density at radius 3 is 2.71 bits per heavy atom. The number of rotatable bonds is 4. The first kappa shape index (κ1) is 11.5. The molecule has 0 aliphatic rings. The molecule has 0 N–H and O–H groups in total. The summed E-state index contributed by atoms with van der Waals surface area (Å²) >= 11 is 2.34. The monoisotopic (exact) mass is 300 g/mol. The molecule has 0 aliphatic carbocycles. The molecule has 1 aromatic rings. The van der Waals surface area contributed by atoms with Crippen molar-refractivity contribution in [2.75, 3.05) is 17.6 Å². The Hall–Kier alpha value is -0.530. The van der Waals surface area contributed by atoms with Crippen LogP contribution in [0.1, 0.15) is 12.0 Å². The highest BCUT2D eigenvalue weighted by atomic mass is 127. The lowest BCUT2D eigenvalue weighted by atomic mass is 10.2. The Balaban J connectivity index is 2.21. The van der Waals surface area contributed by atoms with Crippen molar-refractivity contribution in [2.45, 2.75) is 6.42 Å². The van der Waals surface area contributed by atoms with E-state index in [1.165, 1.54) is 0 Å². The molecule has 0 saturated heterocycles. The zero-order valence-electron chi connectivity index (χ0n) is 8.00. The summed E-state index contributed by atoms with van der Waals surface area (Å²) in [5.74, 6) is 6.03. The van der Waals surface area contributed by atoms with Crippen LogP contribution in [0.2, 0.25) is 0 Å². The maximum absolute atomic E-state index is 5.32. The van der Waals surface area contributed by atoms with Gasteiger partial charge in [0.05, 0.1) is 0 Å². The van der Waals surface area contributed by atoms with Gasteiger partial charge in [0, 0.05) is 16.6 Å². The van der Waals surface area contributed by atoms with Crippen molar-refractivity contribution in [2.24, 2.45) is 0 Å². The highest BCUT2D eigenvalue weighted by Crippen LogP contribution is 1.94. The molecule has 0 bridgehead atoms. The van der Waals surface area contributed by atoms with E-state index in [1.54, 1.807) is 0 Å². The van der Waals surface area contributed by atoms with E-state index in [9.17, 15) is 0 Å². The average Bonchev–Trinajstić information content (AvgIpc) is 2.25. The molecule has 0 saturated carbocycles. The normalized spacial score (nSPS) is 9.21. The molecule has 2 heteroatoms. The van der Waals surface area contributed by atoms with E-state index in [-0.39, 0.29) is 0 Å². The van der Waals surface area contributed by atoms with Crippen molar-refractivity contribution in [3.8, 4) is 11.8 Å². The lowest BCUT2D eigenvalue weighted by Gasteiger charge is -1.95. The predicted octanol–water partition coefficient (Wildman–Crippen LogP) is 2.88. The molecular formula is C12H13IO. The van der Waals surface area contributed by atoms with Gasteiger partial charge in [-0.05, 0) is 18.6 Å². The second-order valence-electron chi connectivity index (χ2n) is 2.76. The molecule has 0 amide bonds. The SMILES string of the molecule is ICCCOCC#Cc1ccccc1. The summed E-state index contributed by atoms with van der Waals surface area (Å²) in [5.41, 5.74) is 1.05. The maximum Gasteiger partial charge on any atom is 0.108 e. The second-order valence-corrected chi connectivity index (χ2v) is 3.84.